The van der Waals surface area contributed by atoms with E-state index in [1.807, 2.05) is 11.1 Å². The van der Waals surface area contributed by atoms with Crippen molar-refractivity contribution in [3.63, 3.8) is 0 Å². The smallest absolute Gasteiger partial charge is 0.264 e. The van der Waals surface area contributed by atoms with E-state index in [0.717, 1.165) is 11.0 Å². The Morgan fingerprint density at radius 1 is 1.71 bits per heavy atom. The zero-order chi connectivity index (χ0) is 10.6. The zero-order valence-corrected chi connectivity index (χ0v) is 9.47. The summed E-state index contributed by atoms with van der Waals surface area (Å²) in [5.74, 6) is 0.582. The fraction of sp³-hybridized carbons (Fsp3) is 0.714. The van der Waals surface area contributed by atoms with Crippen molar-refractivity contribution in [1.82, 2.24) is 4.90 Å². The molecule has 7 heteroatoms. The Morgan fingerprint density at radius 2 is 2.43 bits per heavy atom. The lowest BCUT2D eigenvalue weighted by molar-refractivity contribution is 0.316. The van der Waals surface area contributed by atoms with Gasteiger partial charge in [0.2, 0.25) is 0 Å². The largest absolute Gasteiger partial charge is 0.489 e. The van der Waals surface area contributed by atoms with Gasteiger partial charge in [0, 0.05) is 12.7 Å². The van der Waals surface area contributed by atoms with Gasteiger partial charge in [-0.3, -0.25) is 4.55 Å². The van der Waals surface area contributed by atoms with Crippen molar-refractivity contribution in [1.29, 1.82) is 0 Å². The molecule has 0 bridgehead atoms. The molecular formula is C7H13NO4S2. The van der Waals surface area contributed by atoms with Gasteiger partial charge in [-0.05, 0) is 6.42 Å². The summed E-state index contributed by atoms with van der Waals surface area (Å²) in [6.07, 6.45) is 2.27. The van der Waals surface area contributed by atoms with Gasteiger partial charge in [-0.15, -0.1) is 0 Å². The molecule has 1 N–H and O–H groups in total. The van der Waals surface area contributed by atoms with E-state index < -0.39 is 10.1 Å². The molecule has 0 aromatic rings. The van der Waals surface area contributed by atoms with Gasteiger partial charge in [-0.2, -0.15) is 8.42 Å². The average Bonchev–Trinajstić information content (AvgIpc) is 2.50. The Kier molecular flexibility index (Phi) is 4.09. The lowest BCUT2D eigenvalue weighted by Crippen LogP contribution is -2.17. The fourth-order valence-electron chi connectivity index (χ4n) is 1.06. The van der Waals surface area contributed by atoms with Crippen molar-refractivity contribution in [2.45, 2.75) is 6.42 Å². The molecule has 1 heterocycles. The Bertz CT molecular complexity index is 312. The molecule has 82 valence electrons. The molecule has 0 spiro atoms. The minimum atomic E-state index is -3.82. The molecule has 0 saturated carbocycles. The van der Waals surface area contributed by atoms with Gasteiger partial charge in [0.05, 0.1) is 18.7 Å². The molecule has 0 aliphatic carbocycles. The maximum Gasteiger partial charge on any atom is 0.264 e. The highest BCUT2D eigenvalue weighted by atomic mass is 32.2. The van der Waals surface area contributed by atoms with E-state index in [-0.39, 0.29) is 5.75 Å². The summed E-state index contributed by atoms with van der Waals surface area (Å²) in [5, 5.41) is 0.830. The normalized spacial score (nSPS) is 17.0. The van der Waals surface area contributed by atoms with Gasteiger partial charge in [-0.25, -0.2) is 0 Å². The molecule has 0 saturated heterocycles. The molecule has 0 atom stereocenters. The number of hydrogen-bond acceptors (Lipinski definition) is 5. The van der Waals surface area contributed by atoms with Crippen LogP contribution in [0.1, 0.15) is 6.42 Å². The number of methoxy groups -OCH3 is 1. The van der Waals surface area contributed by atoms with Crippen molar-refractivity contribution < 1.29 is 17.7 Å². The molecular weight excluding hydrogens is 226 g/mol. The minimum absolute atomic E-state index is 0.190. The standard InChI is InChI=1S/C7H13NO4S2/c1-12-7-5-8(6-13-7)3-2-4-14(9,10)11/h5H,2-4,6H2,1H3,(H,9,10,11). The van der Waals surface area contributed by atoms with Crippen LogP contribution < -0.4 is 0 Å². The Morgan fingerprint density at radius 3 is 2.93 bits per heavy atom. The van der Waals surface area contributed by atoms with Crippen LogP contribution in [0.25, 0.3) is 0 Å². The van der Waals surface area contributed by atoms with E-state index in [0.29, 0.717) is 13.0 Å². The maximum absolute atomic E-state index is 10.4. The highest BCUT2D eigenvalue weighted by Crippen LogP contribution is 2.25. The molecule has 0 amide bonds. The summed E-state index contributed by atoms with van der Waals surface area (Å²) >= 11 is 1.56. The van der Waals surface area contributed by atoms with Crippen LogP contribution in [-0.2, 0) is 14.9 Å². The van der Waals surface area contributed by atoms with Gasteiger partial charge in [0.25, 0.3) is 10.1 Å². The lowest BCUT2D eigenvalue weighted by atomic mass is 10.4. The van der Waals surface area contributed by atoms with E-state index in [1.54, 1.807) is 18.9 Å². The summed E-state index contributed by atoms with van der Waals surface area (Å²) in [7, 11) is -2.22. The highest BCUT2D eigenvalue weighted by Gasteiger charge is 2.13. The zero-order valence-electron chi connectivity index (χ0n) is 7.84. The van der Waals surface area contributed by atoms with Gasteiger partial charge < -0.3 is 9.64 Å². The molecule has 1 aliphatic heterocycles. The first-order valence-corrected chi connectivity index (χ1v) is 6.68. The molecule has 0 fully saturated rings. The van der Waals surface area contributed by atoms with E-state index in [1.165, 1.54) is 0 Å². The van der Waals surface area contributed by atoms with Gasteiger partial charge in [-0.1, -0.05) is 11.8 Å². The molecule has 1 rings (SSSR count). The number of hydrogen-bond donors (Lipinski definition) is 1. The Labute approximate surface area is 87.9 Å². The summed E-state index contributed by atoms with van der Waals surface area (Å²) in [6.45, 7) is 0.611. The number of rotatable bonds is 5. The monoisotopic (exact) mass is 239 g/mol. The second-order valence-electron chi connectivity index (χ2n) is 2.88. The third kappa shape index (κ3) is 4.21. The van der Waals surface area contributed by atoms with E-state index in [2.05, 4.69) is 0 Å². The van der Waals surface area contributed by atoms with Crippen molar-refractivity contribution in [3.05, 3.63) is 11.3 Å². The van der Waals surface area contributed by atoms with Crippen molar-refractivity contribution in [2.75, 3.05) is 25.3 Å². The number of nitrogens with zero attached hydrogens (tertiary/aromatic N) is 1. The quantitative estimate of drug-likeness (QED) is 0.713. The first-order valence-electron chi connectivity index (χ1n) is 4.09. The van der Waals surface area contributed by atoms with Crippen LogP contribution in [0, 0.1) is 0 Å². The maximum atomic E-state index is 10.4. The van der Waals surface area contributed by atoms with E-state index in [9.17, 15) is 8.42 Å². The van der Waals surface area contributed by atoms with Crippen LogP contribution in [0.15, 0.2) is 11.3 Å². The van der Waals surface area contributed by atoms with Crippen LogP contribution in [0.4, 0.5) is 0 Å². The lowest BCUT2D eigenvalue weighted by Gasteiger charge is -2.12. The van der Waals surface area contributed by atoms with Gasteiger partial charge in [0.1, 0.15) is 0 Å². The molecule has 14 heavy (non-hydrogen) atoms. The topological polar surface area (TPSA) is 66.8 Å². The summed E-state index contributed by atoms with van der Waals surface area (Å²) in [6, 6.07) is 0. The second-order valence-corrected chi connectivity index (χ2v) is 5.40. The number of ether oxygens (including phenoxy) is 1. The molecule has 0 radical (unpaired) electrons. The van der Waals surface area contributed by atoms with Crippen LogP contribution in [0.3, 0.4) is 0 Å². The Balaban J connectivity index is 2.24. The first-order chi connectivity index (χ1) is 6.51. The SMILES string of the molecule is COC1=CN(CCCS(=O)(=O)O)CS1. The molecule has 0 aromatic carbocycles. The third-order valence-electron chi connectivity index (χ3n) is 1.71. The molecule has 0 aromatic heterocycles. The predicted octanol–water partition coefficient (Wildman–Crippen LogP) is 0.716. The minimum Gasteiger partial charge on any atom is -0.489 e. The molecule has 5 nitrogen and oxygen atoms in total. The van der Waals surface area contributed by atoms with E-state index >= 15 is 0 Å². The van der Waals surface area contributed by atoms with Crippen molar-refractivity contribution in [2.24, 2.45) is 0 Å². The summed E-state index contributed by atoms with van der Waals surface area (Å²) in [5.41, 5.74) is 0. The number of thioether (sulfide) groups is 1. The third-order valence-corrected chi connectivity index (χ3v) is 3.53. The predicted molar refractivity (Wildman–Crippen MR) is 55.3 cm³/mol. The van der Waals surface area contributed by atoms with Crippen LogP contribution >= 0.6 is 11.8 Å². The van der Waals surface area contributed by atoms with Crippen molar-refractivity contribution >= 4 is 21.9 Å². The van der Waals surface area contributed by atoms with E-state index in [4.69, 9.17) is 9.29 Å². The summed E-state index contributed by atoms with van der Waals surface area (Å²) < 4.78 is 34.3. The van der Waals surface area contributed by atoms with Gasteiger partial charge >= 0.3 is 0 Å². The second kappa shape index (κ2) is 4.90. The van der Waals surface area contributed by atoms with Crippen LogP contribution in [0.2, 0.25) is 0 Å². The van der Waals surface area contributed by atoms with Gasteiger partial charge in [0.15, 0.2) is 5.09 Å². The first kappa shape index (κ1) is 11.7. The fourth-order valence-corrected chi connectivity index (χ4v) is 2.39. The van der Waals surface area contributed by atoms with Crippen LogP contribution in [0.5, 0.6) is 0 Å². The van der Waals surface area contributed by atoms with Crippen LogP contribution in [-0.4, -0.2) is 43.2 Å². The average molecular weight is 239 g/mol. The molecule has 1 aliphatic rings. The molecule has 0 unspecified atom stereocenters. The summed E-state index contributed by atoms with van der Waals surface area (Å²) in [4.78, 5) is 1.95. The van der Waals surface area contributed by atoms with Crippen molar-refractivity contribution in [3.8, 4) is 0 Å². The Hall–Kier alpha value is -0.400. The highest BCUT2D eigenvalue weighted by molar-refractivity contribution is 8.03.